The number of pyridine rings is 1. The maximum Gasteiger partial charge on any atom is 0.180 e. The van der Waals surface area contributed by atoms with E-state index < -0.39 is 7.38 Å². The summed E-state index contributed by atoms with van der Waals surface area (Å²) in [5.41, 5.74) is 7.51. The number of halogens is 1. The zero-order valence-corrected chi connectivity index (χ0v) is 17.2. The molecule has 2 aromatic carbocycles. The van der Waals surface area contributed by atoms with Crippen molar-refractivity contribution in [1.29, 1.82) is 0 Å². The SMILES string of the molecule is C[Si](C)(Cl)c1cc(-c2cccc3cccnc23)c2c(c1)C1C=CC=CC1=C2. The normalized spacial score (nSPS) is 17.7. The Morgan fingerprint density at radius 1 is 1.00 bits per heavy atom. The van der Waals surface area contributed by atoms with E-state index in [1.54, 1.807) is 0 Å². The Hall–Kier alpha value is -2.42. The highest BCUT2D eigenvalue weighted by molar-refractivity contribution is 7.26. The maximum atomic E-state index is 6.89. The summed E-state index contributed by atoms with van der Waals surface area (Å²) in [6.45, 7) is 4.39. The lowest BCUT2D eigenvalue weighted by Crippen LogP contribution is -2.35. The van der Waals surface area contributed by atoms with Crippen LogP contribution in [0.1, 0.15) is 17.0 Å². The first-order chi connectivity index (χ1) is 13.0. The summed E-state index contributed by atoms with van der Waals surface area (Å²) in [6, 6.07) is 15.2. The summed E-state index contributed by atoms with van der Waals surface area (Å²) < 4.78 is 0. The van der Waals surface area contributed by atoms with E-state index in [1.807, 2.05) is 12.3 Å². The minimum absolute atomic E-state index is 0.333. The fraction of sp³-hybridized carbons (Fsp3) is 0.125. The van der Waals surface area contributed by atoms with E-state index in [0.29, 0.717) is 5.92 Å². The lowest BCUT2D eigenvalue weighted by Gasteiger charge is -2.21. The van der Waals surface area contributed by atoms with Crippen molar-refractivity contribution in [2.45, 2.75) is 19.0 Å². The molecule has 0 fully saturated rings. The largest absolute Gasteiger partial charge is 0.256 e. The van der Waals surface area contributed by atoms with Gasteiger partial charge in [0.2, 0.25) is 0 Å². The van der Waals surface area contributed by atoms with Crippen molar-refractivity contribution < 1.29 is 0 Å². The van der Waals surface area contributed by atoms with Gasteiger partial charge in [-0.1, -0.05) is 73.8 Å². The standard InChI is InChI=1S/C24H20ClNSi/c1-27(2,25)18-14-22-19-10-4-3-7-17(19)13-21(22)23(15-18)20-11-5-8-16-9-6-12-26-24(16)20/h3-15,19H,1-2H3. The van der Waals surface area contributed by atoms with Crippen molar-refractivity contribution in [3.8, 4) is 11.1 Å². The van der Waals surface area contributed by atoms with Crippen molar-refractivity contribution in [3.05, 3.63) is 89.7 Å². The average molecular weight is 386 g/mol. The van der Waals surface area contributed by atoms with Gasteiger partial charge in [0.05, 0.1) is 5.52 Å². The summed E-state index contributed by atoms with van der Waals surface area (Å²) in [5, 5.41) is 2.45. The van der Waals surface area contributed by atoms with Gasteiger partial charge in [-0.2, -0.15) is 11.1 Å². The van der Waals surface area contributed by atoms with Crippen molar-refractivity contribution in [3.63, 3.8) is 0 Å². The van der Waals surface area contributed by atoms with E-state index >= 15 is 0 Å². The van der Waals surface area contributed by atoms with Crippen LogP contribution in [-0.4, -0.2) is 12.4 Å². The Morgan fingerprint density at radius 2 is 1.85 bits per heavy atom. The van der Waals surface area contributed by atoms with Gasteiger partial charge < -0.3 is 0 Å². The van der Waals surface area contributed by atoms with Crippen LogP contribution in [0.25, 0.3) is 28.1 Å². The molecule has 0 aliphatic heterocycles. The molecule has 1 nitrogen and oxygen atoms in total. The first-order valence-corrected chi connectivity index (χ1v) is 13.3. The number of para-hydroxylation sites is 1. The number of hydrogen-bond acceptors (Lipinski definition) is 1. The minimum Gasteiger partial charge on any atom is -0.256 e. The van der Waals surface area contributed by atoms with Crippen molar-refractivity contribution in [2.24, 2.45) is 0 Å². The average Bonchev–Trinajstić information content (AvgIpc) is 3.05. The van der Waals surface area contributed by atoms with E-state index in [1.165, 1.54) is 38.4 Å². The second-order valence-corrected chi connectivity index (χ2v) is 14.1. The smallest absolute Gasteiger partial charge is 0.180 e. The molecule has 3 heteroatoms. The Bertz CT molecular complexity index is 1160. The Labute approximate surface area is 165 Å². The fourth-order valence-corrected chi connectivity index (χ4v) is 5.44. The lowest BCUT2D eigenvalue weighted by molar-refractivity contribution is 1.05. The molecule has 0 N–H and O–H groups in total. The molecule has 0 saturated carbocycles. The highest BCUT2D eigenvalue weighted by Gasteiger charge is 2.30. The molecular formula is C24H20ClNSi. The van der Waals surface area contributed by atoms with Crippen LogP contribution < -0.4 is 5.19 Å². The minimum atomic E-state index is -1.98. The Kier molecular flexibility index (Phi) is 3.75. The van der Waals surface area contributed by atoms with E-state index in [2.05, 4.69) is 79.9 Å². The van der Waals surface area contributed by atoms with Crippen LogP contribution in [0.3, 0.4) is 0 Å². The number of benzene rings is 2. The molecule has 0 saturated heterocycles. The van der Waals surface area contributed by atoms with Gasteiger partial charge in [0.25, 0.3) is 0 Å². The molecule has 3 aromatic rings. The molecule has 0 amide bonds. The van der Waals surface area contributed by atoms with Gasteiger partial charge in [-0.3, -0.25) is 4.98 Å². The quantitative estimate of drug-likeness (QED) is 0.380. The van der Waals surface area contributed by atoms with Crippen LogP contribution in [0.5, 0.6) is 0 Å². The number of rotatable bonds is 2. The Morgan fingerprint density at radius 3 is 2.70 bits per heavy atom. The third kappa shape index (κ3) is 2.72. The monoisotopic (exact) mass is 385 g/mol. The molecule has 2 aliphatic carbocycles. The first-order valence-electron chi connectivity index (χ1n) is 9.30. The van der Waals surface area contributed by atoms with E-state index in [4.69, 9.17) is 16.1 Å². The summed E-state index contributed by atoms with van der Waals surface area (Å²) in [6.07, 6.45) is 13.0. The molecule has 1 aromatic heterocycles. The van der Waals surface area contributed by atoms with Crippen LogP contribution in [0, 0.1) is 0 Å². The first kappa shape index (κ1) is 16.7. The van der Waals surface area contributed by atoms with Gasteiger partial charge in [0.1, 0.15) is 0 Å². The summed E-state index contributed by atoms with van der Waals surface area (Å²) >= 11 is 6.89. The van der Waals surface area contributed by atoms with Gasteiger partial charge in [0.15, 0.2) is 7.38 Å². The van der Waals surface area contributed by atoms with Crippen LogP contribution in [0.2, 0.25) is 13.1 Å². The van der Waals surface area contributed by atoms with E-state index in [-0.39, 0.29) is 0 Å². The highest BCUT2D eigenvalue weighted by atomic mass is 35.6. The summed E-state index contributed by atoms with van der Waals surface area (Å²) in [4.78, 5) is 4.70. The van der Waals surface area contributed by atoms with Crippen LogP contribution in [-0.2, 0) is 0 Å². The molecule has 0 bridgehead atoms. The summed E-state index contributed by atoms with van der Waals surface area (Å²) in [5.74, 6) is 0.333. The van der Waals surface area contributed by atoms with Crippen LogP contribution in [0.4, 0.5) is 0 Å². The predicted octanol–water partition coefficient (Wildman–Crippen LogP) is 6.16. The molecule has 1 atom stereocenters. The third-order valence-electron chi connectivity index (χ3n) is 5.53. The van der Waals surface area contributed by atoms with Gasteiger partial charge in [0, 0.05) is 23.1 Å². The third-order valence-corrected chi connectivity index (χ3v) is 7.85. The second kappa shape index (κ2) is 6.05. The molecule has 2 aliphatic rings. The van der Waals surface area contributed by atoms with Gasteiger partial charge in [-0.25, -0.2) is 0 Å². The fourth-order valence-electron chi connectivity index (χ4n) is 4.13. The maximum absolute atomic E-state index is 6.89. The van der Waals surface area contributed by atoms with E-state index in [9.17, 15) is 0 Å². The molecule has 132 valence electrons. The Balaban J connectivity index is 1.84. The molecule has 27 heavy (non-hydrogen) atoms. The van der Waals surface area contributed by atoms with Gasteiger partial charge >= 0.3 is 0 Å². The lowest BCUT2D eigenvalue weighted by atomic mass is 9.90. The predicted molar refractivity (Wildman–Crippen MR) is 119 cm³/mol. The number of aromatic nitrogens is 1. The topological polar surface area (TPSA) is 12.9 Å². The number of hydrogen-bond donors (Lipinski definition) is 0. The zero-order chi connectivity index (χ0) is 18.6. The zero-order valence-electron chi connectivity index (χ0n) is 15.4. The van der Waals surface area contributed by atoms with Crippen LogP contribution >= 0.6 is 11.1 Å². The molecule has 1 unspecified atom stereocenters. The van der Waals surface area contributed by atoms with Crippen molar-refractivity contribution in [1.82, 2.24) is 4.98 Å². The van der Waals surface area contributed by atoms with Gasteiger partial charge in [-0.15, -0.1) is 0 Å². The van der Waals surface area contributed by atoms with Gasteiger partial charge in [-0.05, 0) is 39.6 Å². The number of fused-ring (bicyclic) bond motifs is 4. The summed E-state index contributed by atoms with van der Waals surface area (Å²) in [7, 11) is -1.98. The molecule has 0 spiro atoms. The van der Waals surface area contributed by atoms with E-state index in [0.717, 1.165) is 5.52 Å². The molecule has 1 heterocycles. The van der Waals surface area contributed by atoms with Crippen molar-refractivity contribution in [2.75, 3.05) is 0 Å². The van der Waals surface area contributed by atoms with Crippen LogP contribution in [0.15, 0.2) is 78.5 Å². The second-order valence-electron chi connectivity index (χ2n) is 7.75. The molecule has 5 rings (SSSR count). The molecular weight excluding hydrogens is 366 g/mol. The number of allylic oxidation sites excluding steroid dienone is 5. The van der Waals surface area contributed by atoms with Crippen molar-refractivity contribution >= 4 is 40.6 Å². The molecule has 0 radical (unpaired) electrons. The number of nitrogens with zero attached hydrogens (tertiary/aromatic N) is 1. The highest BCUT2D eigenvalue weighted by Crippen LogP contribution is 2.44.